The normalized spacial score (nSPS) is 11.7. The van der Waals surface area contributed by atoms with E-state index in [-0.39, 0.29) is 18.0 Å². The molecule has 0 saturated heterocycles. The van der Waals surface area contributed by atoms with Gasteiger partial charge in [0.05, 0.1) is 34.5 Å². The molecule has 182 valence electrons. The summed E-state index contributed by atoms with van der Waals surface area (Å²) in [6, 6.07) is 24.9. The Balaban J connectivity index is 1.32. The van der Waals surface area contributed by atoms with Crippen LogP contribution >= 0.6 is 11.3 Å². The average molecular weight is 518 g/mol. The lowest BCUT2D eigenvalue weighted by Gasteiger charge is -2.21. The highest BCUT2D eigenvalue weighted by Gasteiger charge is 2.27. The van der Waals surface area contributed by atoms with Gasteiger partial charge >= 0.3 is 0 Å². The molecule has 7 nitrogen and oxygen atoms in total. The number of aromatic nitrogens is 1. The van der Waals surface area contributed by atoms with Crippen LogP contribution in [0, 0.1) is 6.92 Å². The molecule has 0 unspecified atom stereocenters. The summed E-state index contributed by atoms with van der Waals surface area (Å²) in [5.41, 5.74) is 3.65. The molecule has 0 bridgehead atoms. The Morgan fingerprint density at radius 3 is 2.50 bits per heavy atom. The zero-order valence-corrected chi connectivity index (χ0v) is 21.1. The maximum atomic E-state index is 13.2. The Kier molecular flexibility index (Phi) is 6.69. The van der Waals surface area contributed by atoms with Crippen LogP contribution in [0.5, 0.6) is 0 Å². The Morgan fingerprint density at radius 2 is 1.78 bits per heavy atom. The van der Waals surface area contributed by atoms with E-state index in [1.54, 1.807) is 53.8 Å². The predicted molar refractivity (Wildman–Crippen MR) is 141 cm³/mol. The van der Waals surface area contributed by atoms with Gasteiger partial charge in [-0.15, -0.1) is 11.3 Å². The quantitative estimate of drug-likeness (QED) is 0.285. The molecule has 0 aliphatic heterocycles. The molecule has 9 heteroatoms. The summed E-state index contributed by atoms with van der Waals surface area (Å²) >= 11 is 1.61. The molecule has 0 spiro atoms. The van der Waals surface area contributed by atoms with Crippen molar-refractivity contribution in [1.82, 2.24) is 9.29 Å². The molecule has 5 rings (SSSR count). The lowest BCUT2D eigenvalue weighted by molar-refractivity contribution is -0.116. The van der Waals surface area contributed by atoms with E-state index in [1.165, 1.54) is 24.0 Å². The van der Waals surface area contributed by atoms with Crippen LogP contribution in [-0.4, -0.2) is 30.2 Å². The number of carbonyl (C=O) groups excluding carboxylic acids is 1. The zero-order valence-electron chi connectivity index (χ0n) is 19.4. The van der Waals surface area contributed by atoms with E-state index >= 15 is 0 Å². The van der Waals surface area contributed by atoms with Gasteiger partial charge in [-0.05, 0) is 73.2 Å². The van der Waals surface area contributed by atoms with Crippen molar-refractivity contribution < 1.29 is 17.6 Å². The molecule has 2 heterocycles. The number of hydrogen-bond donors (Lipinski definition) is 1. The maximum Gasteiger partial charge on any atom is 0.243 e. The van der Waals surface area contributed by atoms with Crippen LogP contribution in [0.15, 0.2) is 101 Å². The minimum absolute atomic E-state index is 0.0618. The summed E-state index contributed by atoms with van der Waals surface area (Å²) in [7, 11) is -3.92. The van der Waals surface area contributed by atoms with Gasteiger partial charge in [0, 0.05) is 11.3 Å². The minimum Gasteiger partial charge on any atom is -0.468 e. The van der Waals surface area contributed by atoms with E-state index in [2.05, 4.69) is 18.3 Å². The summed E-state index contributed by atoms with van der Waals surface area (Å²) in [5.74, 6) is -0.0121. The second-order valence-electron chi connectivity index (χ2n) is 8.28. The van der Waals surface area contributed by atoms with Crippen molar-refractivity contribution in [2.24, 2.45) is 0 Å². The number of aryl methyl sites for hydroxylation is 1. The van der Waals surface area contributed by atoms with E-state index in [0.717, 1.165) is 25.1 Å². The first-order valence-electron chi connectivity index (χ1n) is 11.2. The molecular weight excluding hydrogens is 494 g/mol. The third-order valence-electron chi connectivity index (χ3n) is 5.57. The van der Waals surface area contributed by atoms with Gasteiger partial charge in [-0.25, -0.2) is 13.4 Å². The minimum atomic E-state index is -3.92. The molecule has 36 heavy (non-hydrogen) atoms. The van der Waals surface area contributed by atoms with Gasteiger partial charge in [-0.1, -0.05) is 24.3 Å². The standard InChI is InChI=1S/C27H23N3O4S2/c1-19-9-14-24-25(16-19)35-27(29-24)20-10-12-21(13-11-20)28-26(31)18-30(17-22-6-5-15-34-22)36(32,33)23-7-3-2-4-8-23/h2-16H,17-18H2,1H3,(H,28,31). The highest BCUT2D eigenvalue weighted by molar-refractivity contribution is 7.89. The lowest BCUT2D eigenvalue weighted by atomic mass is 10.2. The maximum absolute atomic E-state index is 13.2. The van der Waals surface area contributed by atoms with Crippen molar-refractivity contribution in [2.75, 3.05) is 11.9 Å². The average Bonchev–Trinajstić information content (AvgIpc) is 3.54. The molecule has 0 radical (unpaired) electrons. The van der Waals surface area contributed by atoms with Crippen LogP contribution in [0.2, 0.25) is 0 Å². The molecule has 2 aromatic heterocycles. The number of sulfonamides is 1. The van der Waals surface area contributed by atoms with E-state index in [0.29, 0.717) is 11.4 Å². The van der Waals surface area contributed by atoms with Gasteiger partial charge in [0.15, 0.2) is 0 Å². The zero-order chi connectivity index (χ0) is 25.1. The number of benzene rings is 3. The third kappa shape index (κ3) is 5.23. The van der Waals surface area contributed by atoms with Gasteiger partial charge in [0.1, 0.15) is 10.8 Å². The number of nitrogens with one attached hydrogen (secondary N) is 1. The van der Waals surface area contributed by atoms with Crippen molar-refractivity contribution in [3.63, 3.8) is 0 Å². The second kappa shape index (κ2) is 10.1. The molecule has 0 fully saturated rings. The fraction of sp³-hybridized carbons (Fsp3) is 0.111. The van der Waals surface area contributed by atoms with Crippen LogP contribution in [0.4, 0.5) is 5.69 Å². The number of amides is 1. The van der Waals surface area contributed by atoms with Crippen molar-refractivity contribution in [3.8, 4) is 10.6 Å². The SMILES string of the molecule is Cc1ccc2nc(-c3ccc(NC(=O)CN(Cc4ccco4)S(=O)(=O)c4ccccc4)cc3)sc2c1. The Hall–Kier alpha value is -3.79. The number of hydrogen-bond acceptors (Lipinski definition) is 6. The third-order valence-corrected chi connectivity index (χ3v) is 8.45. The molecule has 5 aromatic rings. The van der Waals surface area contributed by atoms with Crippen molar-refractivity contribution in [1.29, 1.82) is 0 Å². The fourth-order valence-electron chi connectivity index (χ4n) is 3.76. The number of carbonyl (C=O) groups is 1. The van der Waals surface area contributed by atoms with Crippen LogP contribution < -0.4 is 5.32 Å². The number of thiazole rings is 1. The lowest BCUT2D eigenvalue weighted by Crippen LogP contribution is -2.37. The molecule has 0 aliphatic carbocycles. The topological polar surface area (TPSA) is 92.5 Å². The van der Waals surface area contributed by atoms with Gasteiger partial charge in [0.25, 0.3) is 0 Å². The first-order chi connectivity index (χ1) is 17.4. The molecule has 1 amide bonds. The fourth-order valence-corrected chi connectivity index (χ4v) is 6.21. The van der Waals surface area contributed by atoms with E-state index in [9.17, 15) is 13.2 Å². The van der Waals surface area contributed by atoms with Crippen LogP contribution in [-0.2, 0) is 21.4 Å². The molecule has 0 aliphatic rings. The predicted octanol–water partition coefficient (Wildman–Crippen LogP) is 5.69. The summed E-state index contributed by atoms with van der Waals surface area (Å²) in [6.45, 7) is 1.63. The summed E-state index contributed by atoms with van der Waals surface area (Å²) in [5, 5.41) is 3.69. The van der Waals surface area contributed by atoms with Gasteiger partial charge in [0.2, 0.25) is 15.9 Å². The van der Waals surface area contributed by atoms with E-state index in [1.807, 2.05) is 24.3 Å². The van der Waals surface area contributed by atoms with Gasteiger partial charge in [-0.3, -0.25) is 4.79 Å². The molecular formula is C27H23N3O4S2. The highest BCUT2D eigenvalue weighted by Crippen LogP contribution is 2.31. The number of furan rings is 1. The monoisotopic (exact) mass is 517 g/mol. The number of fused-ring (bicyclic) bond motifs is 1. The second-order valence-corrected chi connectivity index (χ2v) is 11.2. The van der Waals surface area contributed by atoms with Crippen LogP contribution in [0.25, 0.3) is 20.8 Å². The van der Waals surface area contributed by atoms with Crippen molar-refractivity contribution in [2.45, 2.75) is 18.4 Å². The van der Waals surface area contributed by atoms with E-state index in [4.69, 9.17) is 9.40 Å². The molecule has 0 atom stereocenters. The highest BCUT2D eigenvalue weighted by atomic mass is 32.2. The molecule has 3 aromatic carbocycles. The van der Waals surface area contributed by atoms with Gasteiger partial charge in [-0.2, -0.15) is 4.31 Å². The summed E-state index contributed by atoms with van der Waals surface area (Å²) < 4.78 is 34.0. The first kappa shape index (κ1) is 23.9. The molecule has 1 N–H and O–H groups in total. The van der Waals surface area contributed by atoms with Crippen molar-refractivity contribution >= 4 is 43.2 Å². The van der Waals surface area contributed by atoms with E-state index < -0.39 is 15.9 Å². The Morgan fingerprint density at radius 1 is 1.00 bits per heavy atom. The van der Waals surface area contributed by atoms with Gasteiger partial charge < -0.3 is 9.73 Å². The summed E-state index contributed by atoms with van der Waals surface area (Å²) in [6.07, 6.45) is 1.47. The Labute approximate surface area is 213 Å². The van der Waals surface area contributed by atoms with Crippen molar-refractivity contribution in [3.05, 3.63) is 103 Å². The molecule has 0 saturated carbocycles. The first-order valence-corrected chi connectivity index (χ1v) is 13.5. The summed E-state index contributed by atoms with van der Waals surface area (Å²) in [4.78, 5) is 17.7. The van der Waals surface area contributed by atoms with Crippen LogP contribution in [0.1, 0.15) is 11.3 Å². The largest absolute Gasteiger partial charge is 0.468 e. The number of rotatable bonds is 8. The Bertz CT molecular complexity index is 1590. The number of nitrogens with zero attached hydrogens (tertiary/aromatic N) is 2. The smallest absolute Gasteiger partial charge is 0.243 e. The number of anilines is 1. The van der Waals surface area contributed by atoms with Crippen LogP contribution in [0.3, 0.4) is 0 Å².